The van der Waals surface area contributed by atoms with Gasteiger partial charge in [0.2, 0.25) is 0 Å². The van der Waals surface area contributed by atoms with E-state index < -0.39 is 0 Å². The molecule has 0 amide bonds. The molecule has 4 nitrogen and oxygen atoms in total. The van der Waals surface area contributed by atoms with Gasteiger partial charge in [-0.3, -0.25) is 0 Å². The number of aliphatic hydroxyl groups is 1. The summed E-state index contributed by atoms with van der Waals surface area (Å²) in [6, 6.07) is 7.93. The molecule has 0 spiro atoms. The second-order valence-corrected chi connectivity index (χ2v) is 11.3. The van der Waals surface area contributed by atoms with Crippen molar-refractivity contribution in [2.75, 3.05) is 0 Å². The molecule has 0 aliphatic carbocycles. The normalized spacial score (nSPS) is 13.4. The van der Waals surface area contributed by atoms with E-state index in [1.807, 2.05) is 24.3 Å². The quantitative estimate of drug-likeness (QED) is 0.385. The highest BCUT2D eigenvalue weighted by atomic mass is 16.5. The minimum atomic E-state index is -0.230. The summed E-state index contributed by atoms with van der Waals surface area (Å²) in [5.41, 5.74) is 4.68. The zero-order chi connectivity index (χ0) is 25.0. The van der Waals surface area contributed by atoms with E-state index in [2.05, 4.69) is 55.4 Å². The summed E-state index contributed by atoms with van der Waals surface area (Å²) in [5, 5.41) is 31.8. The summed E-state index contributed by atoms with van der Waals surface area (Å²) in [6.07, 6.45) is 3.56. The van der Waals surface area contributed by atoms with Gasteiger partial charge in [-0.1, -0.05) is 73.9 Å². The van der Waals surface area contributed by atoms with Crippen molar-refractivity contribution in [3.63, 3.8) is 0 Å². The van der Waals surface area contributed by atoms with Crippen LogP contribution < -0.4 is 0 Å². The van der Waals surface area contributed by atoms with E-state index in [-0.39, 0.29) is 35.0 Å². The number of ether oxygens (including phenoxy) is 1. The van der Waals surface area contributed by atoms with E-state index in [0.717, 1.165) is 41.5 Å². The Kier molecular flexibility index (Phi) is 9.01. The number of benzene rings is 2. The summed E-state index contributed by atoms with van der Waals surface area (Å²) in [6.45, 7) is 17.2. The molecule has 0 aliphatic heterocycles. The molecule has 2 aromatic carbocycles. The van der Waals surface area contributed by atoms with Crippen LogP contribution in [0, 0.1) is 0 Å². The van der Waals surface area contributed by atoms with E-state index in [1.54, 1.807) is 0 Å². The molecule has 4 heteroatoms. The predicted octanol–water partition coefficient (Wildman–Crippen LogP) is 6.87. The third-order valence-electron chi connectivity index (χ3n) is 6.36. The van der Waals surface area contributed by atoms with Gasteiger partial charge in [-0.25, -0.2) is 0 Å². The first-order valence-electron chi connectivity index (χ1n) is 12.2. The van der Waals surface area contributed by atoms with E-state index in [9.17, 15) is 15.3 Å². The van der Waals surface area contributed by atoms with Crippen molar-refractivity contribution in [2.45, 2.75) is 111 Å². The summed E-state index contributed by atoms with van der Waals surface area (Å²) in [5.74, 6) is 0.318. The highest BCUT2D eigenvalue weighted by Crippen LogP contribution is 2.37. The molecule has 0 bridgehead atoms. The molecular formula is C29H44O4. The molecule has 184 valence electrons. The SMILES string of the molecule is CCCC(CC)OCc1cc(C(C)(C)C)cc(Cc2cc(C(C)(C)C)cc(CO)c2O)c1O. The highest BCUT2D eigenvalue weighted by Gasteiger charge is 2.23. The highest BCUT2D eigenvalue weighted by molar-refractivity contribution is 5.52. The maximum atomic E-state index is 11.2. The average molecular weight is 457 g/mol. The van der Waals surface area contributed by atoms with Crippen molar-refractivity contribution in [2.24, 2.45) is 0 Å². The molecule has 33 heavy (non-hydrogen) atoms. The molecular weight excluding hydrogens is 412 g/mol. The lowest BCUT2D eigenvalue weighted by atomic mass is 9.82. The molecule has 0 heterocycles. The third kappa shape index (κ3) is 6.97. The summed E-state index contributed by atoms with van der Waals surface area (Å²) < 4.78 is 6.15. The lowest BCUT2D eigenvalue weighted by Gasteiger charge is -2.25. The Morgan fingerprint density at radius 3 is 1.64 bits per heavy atom. The van der Waals surface area contributed by atoms with Gasteiger partial charge in [0.15, 0.2) is 0 Å². The minimum absolute atomic E-state index is 0.0952. The number of hydrogen-bond acceptors (Lipinski definition) is 4. The molecule has 1 unspecified atom stereocenters. The Labute approximate surface area is 200 Å². The molecule has 0 aromatic heterocycles. The van der Waals surface area contributed by atoms with Gasteiger partial charge in [-0.05, 0) is 58.1 Å². The van der Waals surface area contributed by atoms with Gasteiger partial charge in [0.05, 0.1) is 19.3 Å². The average Bonchev–Trinajstić information content (AvgIpc) is 2.72. The molecule has 2 rings (SSSR count). The molecule has 0 saturated heterocycles. The number of phenols is 2. The summed E-state index contributed by atoms with van der Waals surface area (Å²) in [7, 11) is 0. The number of aliphatic hydroxyl groups excluding tert-OH is 1. The van der Waals surface area contributed by atoms with Crippen molar-refractivity contribution >= 4 is 0 Å². The summed E-state index contributed by atoms with van der Waals surface area (Å²) >= 11 is 0. The predicted molar refractivity (Wildman–Crippen MR) is 136 cm³/mol. The first-order chi connectivity index (χ1) is 15.3. The maximum Gasteiger partial charge on any atom is 0.124 e. The van der Waals surface area contributed by atoms with Crippen molar-refractivity contribution in [3.05, 3.63) is 57.6 Å². The van der Waals surface area contributed by atoms with Crippen LogP contribution in [0.25, 0.3) is 0 Å². The fourth-order valence-corrected chi connectivity index (χ4v) is 4.03. The van der Waals surface area contributed by atoms with E-state index in [1.165, 1.54) is 0 Å². The van der Waals surface area contributed by atoms with Gasteiger partial charge in [0.25, 0.3) is 0 Å². The Morgan fingerprint density at radius 2 is 1.21 bits per heavy atom. The number of hydrogen-bond donors (Lipinski definition) is 3. The smallest absolute Gasteiger partial charge is 0.124 e. The Bertz CT molecular complexity index is 932. The molecule has 0 saturated carbocycles. The lowest BCUT2D eigenvalue weighted by Crippen LogP contribution is -2.15. The van der Waals surface area contributed by atoms with Crippen LogP contribution in [0.4, 0.5) is 0 Å². The molecule has 2 aromatic rings. The molecule has 0 radical (unpaired) electrons. The first-order valence-corrected chi connectivity index (χ1v) is 12.2. The molecule has 1 atom stereocenters. The van der Waals surface area contributed by atoms with Gasteiger partial charge < -0.3 is 20.1 Å². The Hall–Kier alpha value is -2.04. The zero-order valence-corrected chi connectivity index (χ0v) is 21.9. The van der Waals surface area contributed by atoms with Gasteiger partial charge in [0.1, 0.15) is 11.5 Å². The molecule has 3 N–H and O–H groups in total. The van der Waals surface area contributed by atoms with Gasteiger partial charge in [-0.2, -0.15) is 0 Å². The topological polar surface area (TPSA) is 69.9 Å². The number of aromatic hydroxyl groups is 2. The van der Waals surface area contributed by atoms with Crippen molar-refractivity contribution in [3.8, 4) is 11.5 Å². The molecule has 0 fully saturated rings. The van der Waals surface area contributed by atoms with E-state index in [0.29, 0.717) is 24.2 Å². The zero-order valence-electron chi connectivity index (χ0n) is 21.9. The van der Waals surface area contributed by atoms with Crippen LogP contribution in [0.5, 0.6) is 11.5 Å². The fraction of sp³-hybridized carbons (Fsp3) is 0.586. The monoisotopic (exact) mass is 456 g/mol. The second-order valence-electron chi connectivity index (χ2n) is 11.3. The number of phenolic OH excluding ortho intramolecular Hbond substituents is 1. The van der Waals surface area contributed by atoms with Crippen LogP contribution in [-0.4, -0.2) is 21.4 Å². The standard InChI is InChI=1S/C29H44O4/c1-9-11-25(10-2)33-18-22-16-24(29(6,7)8)14-20(27(22)32)12-19-13-23(28(3,4)5)15-21(17-30)26(19)31/h13-16,25,30-32H,9-12,17-18H2,1-8H3. The maximum absolute atomic E-state index is 11.2. The summed E-state index contributed by atoms with van der Waals surface area (Å²) in [4.78, 5) is 0. The van der Waals surface area contributed by atoms with Gasteiger partial charge in [0, 0.05) is 17.5 Å². The third-order valence-corrected chi connectivity index (χ3v) is 6.36. The van der Waals surface area contributed by atoms with Crippen LogP contribution in [0.2, 0.25) is 0 Å². The fourth-order valence-electron chi connectivity index (χ4n) is 4.03. The lowest BCUT2D eigenvalue weighted by molar-refractivity contribution is 0.0311. The van der Waals surface area contributed by atoms with Crippen molar-refractivity contribution < 1.29 is 20.1 Å². The van der Waals surface area contributed by atoms with Crippen molar-refractivity contribution in [1.29, 1.82) is 0 Å². The largest absolute Gasteiger partial charge is 0.507 e. The van der Waals surface area contributed by atoms with Crippen molar-refractivity contribution in [1.82, 2.24) is 0 Å². The van der Waals surface area contributed by atoms with E-state index >= 15 is 0 Å². The van der Waals surface area contributed by atoms with Crippen LogP contribution in [0.3, 0.4) is 0 Å². The van der Waals surface area contributed by atoms with Gasteiger partial charge in [-0.15, -0.1) is 0 Å². The van der Waals surface area contributed by atoms with Crippen LogP contribution in [0.15, 0.2) is 24.3 Å². The van der Waals surface area contributed by atoms with Crippen LogP contribution in [-0.2, 0) is 35.2 Å². The minimum Gasteiger partial charge on any atom is -0.507 e. The Balaban J connectivity index is 2.54. The molecule has 0 aliphatic rings. The van der Waals surface area contributed by atoms with Crippen LogP contribution in [0.1, 0.15) is 108 Å². The van der Waals surface area contributed by atoms with Gasteiger partial charge >= 0.3 is 0 Å². The number of rotatable bonds is 9. The Morgan fingerprint density at radius 1 is 0.758 bits per heavy atom. The second kappa shape index (κ2) is 10.9. The van der Waals surface area contributed by atoms with E-state index in [4.69, 9.17) is 4.74 Å². The first kappa shape index (κ1) is 27.2. The van der Waals surface area contributed by atoms with Crippen LogP contribution >= 0.6 is 0 Å².